The van der Waals surface area contributed by atoms with Crippen molar-refractivity contribution in [1.82, 2.24) is 14.3 Å². The van der Waals surface area contributed by atoms with Crippen LogP contribution < -0.4 is 13.8 Å². The summed E-state index contributed by atoms with van der Waals surface area (Å²) in [6.07, 6.45) is 0.605. The molecule has 0 radical (unpaired) electrons. The number of hydrogen-bond acceptors (Lipinski definition) is 7. The van der Waals surface area contributed by atoms with E-state index in [1.807, 2.05) is 4.57 Å². The molecule has 2 aromatic carbocycles. The molecule has 3 unspecified atom stereocenters. The molecule has 186 valence electrons. The number of fused-ring (bicyclic) bond motifs is 1. The number of aldehydes is 1. The fourth-order valence-electron chi connectivity index (χ4n) is 3.38. The number of aliphatic carboxylic acids is 1. The van der Waals surface area contributed by atoms with Gasteiger partial charge in [0.1, 0.15) is 0 Å². The summed E-state index contributed by atoms with van der Waals surface area (Å²) in [5.74, 6) is -1.33. The van der Waals surface area contributed by atoms with Gasteiger partial charge in [-0.05, 0) is 0 Å². The quantitative estimate of drug-likeness (QED) is 0.238. The number of carbonyl (C=O) groups is 3. The van der Waals surface area contributed by atoms with Crippen molar-refractivity contribution < 1.29 is 32.6 Å². The van der Waals surface area contributed by atoms with Gasteiger partial charge < -0.3 is 0 Å². The zero-order valence-electron chi connectivity index (χ0n) is 18.8. The number of benzene rings is 2. The molecule has 0 aliphatic rings. The molecule has 2 N–H and O–H groups in total. The number of nitrogens with one attached hydrogen (secondary N) is 1. The van der Waals surface area contributed by atoms with Gasteiger partial charge in [-0.2, -0.15) is 0 Å². The molecule has 0 aliphatic carbocycles. The fraction of sp³-hybridized carbons (Fsp3) is 0.273. The molecule has 1 heterocycles. The molecule has 35 heavy (non-hydrogen) atoms. The first-order valence-electron chi connectivity index (χ1n) is 10.4. The van der Waals surface area contributed by atoms with Crippen LogP contribution >= 0.6 is 11.6 Å². The second-order valence-corrected chi connectivity index (χ2v) is 13.1. The Hall–Kier alpha value is -2.72. The van der Waals surface area contributed by atoms with Gasteiger partial charge >= 0.3 is 214 Å². The van der Waals surface area contributed by atoms with Crippen LogP contribution in [0.25, 0.3) is 11.0 Å². The second kappa shape index (κ2) is 11.3. The fourth-order valence-corrected chi connectivity index (χ4v) is 6.46. The molecule has 3 atom stereocenters. The molecule has 0 fully saturated rings. The number of carboxylic acids is 1. The van der Waals surface area contributed by atoms with Crippen molar-refractivity contribution in [2.45, 2.75) is 43.9 Å². The van der Waals surface area contributed by atoms with Crippen LogP contribution in [0.1, 0.15) is 20.3 Å². The van der Waals surface area contributed by atoms with Crippen molar-refractivity contribution in [3.8, 4) is 5.75 Å². The molecule has 10 nitrogen and oxygen atoms in total. The molecular weight excluding hydrogens is 561 g/mol. The summed E-state index contributed by atoms with van der Waals surface area (Å²) in [5.41, 5.74) is 1.52. The van der Waals surface area contributed by atoms with Crippen LogP contribution in [0.2, 0.25) is 5.02 Å². The van der Waals surface area contributed by atoms with E-state index in [9.17, 15) is 22.8 Å². The van der Waals surface area contributed by atoms with E-state index in [4.69, 9.17) is 21.4 Å². The van der Waals surface area contributed by atoms with E-state index >= 15 is 0 Å². The standard InChI is InChI=1S/C22H23AsClN3O7S/c1-13(10-27-12-25-18-5-4-16(24)8-19(18)27)34-20-7-15(23-14(2)29)3-6-21(20)35(32,33)26-17(11-28)9-22(30)31/h3-8,11-13,17,23,26H,9-10H2,1-2H3,(H,30,31). The average molecular weight is 584 g/mol. The van der Waals surface area contributed by atoms with E-state index in [1.165, 1.54) is 25.1 Å². The van der Waals surface area contributed by atoms with E-state index < -0.39 is 50.3 Å². The van der Waals surface area contributed by atoms with Crippen LogP contribution in [0.3, 0.4) is 0 Å². The SMILES string of the molecule is CC(=O)[AsH]c1ccc(S(=O)(=O)NC(C=O)CC(=O)O)c(OC(C)Cn2cnc3ccc(Cl)cc32)c1. The Balaban J connectivity index is 1.91. The van der Waals surface area contributed by atoms with Crippen LogP contribution in [0.15, 0.2) is 47.6 Å². The molecule has 0 aliphatic heterocycles. The summed E-state index contributed by atoms with van der Waals surface area (Å²) < 4.78 is 36.6. The first-order chi connectivity index (χ1) is 16.5. The number of aromatic nitrogens is 2. The molecule has 0 saturated carbocycles. The van der Waals surface area contributed by atoms with Gasteiger partial charge in [-0.1, -0.05) is 0 Å². The zero-order valence-corrected chi connectivity index (χ0v) is 22.4. The Morgan fingerprint density at radius 1 is 1.29 bits per heavy atom. The Bertz CT molecular complexity index is 1380. The predicted molar refractivity (Wildman–Crippen MR) is 131 cm³/mol. The monoisotopic (exact) mass is 583 g/mol. The van der Waals surface area contributed by atoms with E-state index in [-0.39, 0.29) is 21.5 Å². The molecule has 0 spiro atoms. The zero-order chi connectivity index (χ0) is 25.8. The maximum atomic E-state index is 13.0. The number of sulfonamides is 1. The van der Waals surface area contributed by atoms with Gasteiger partial charge in [0, 0.05) is 0 Å². The molecule has 1 aromatic heterocycles. The van der Waals surface area contributed by atoms with Gasteiger partial charge in [0.15, 0.2) is 0 Å². The van der Waals surface area contributed by atoms with E-state index in [0.717, 1.165) is 11.0 Å². The van der Waals surface area contributed by atoms with Gasteiger partial charge in [0.25, 0.3) is 0 Å². The number of carboxylic acid groups (broad SMARTS) is 1. The van der Waals surface area contributed by atoms with Crippen LogP contribution in [0, 0.1) is 0 Å². The van der Waals surface area contributed by atoms with Crippen LogP contribution in [0.4, 0.5) is 0 Å². The molecule has 3 aromatic rings. The maximum absolute atomic E-state index is 13.0. The molecule has 0 amide bonds. The van der Waals surface area contributed by atoms with Crippen LogP contribution in [-0.4, -0.2) is 67.8 Å². The molecule has 3 rings (SSSR count). The third-order valence-corrected chi connectivity index (χ3v) is 8.55. The van der Waals surface area contributed by atoms with Gasteiger partial charge in [-0.15, -0.1) is 0 Å². The topological polar surface area (TPSA) is 145 Å². The summed E-state index contributed by atoms with van der Waals surface area (Å²) in [6.45, 7) is 3.52. The van der Waals surface area contributed by atoms with Crippen molar-refractivity contribution in [3.05, 3.63) is 47.7 Å². The summed E-state index contributed by atoms with van der Waals surface area (Å²) in [6, 6.07) is 8.14. The molecule has 0 bridgehead atoms. The Morgan fingerprint density at radius 2 is 2.03 bits per heavy atom. The summed E-state index contributed by atoms with van der Waals surface area (Å²) >= 11 is 4.92. The second-order valence-electron chi connectivity index (χ2n) is 7.76. The minimum atomic E-state index is -4.32. The number of hydrogen-bond donors (Lipinski definition) is 2. The number of ether oxygens (including phenoxy) is 1. The van der Waals surface area contributed by atoms with Crippen molar-refractivity contribution >= 4 is 69.6 Å². The normalized spacial score (nSPS) is 13.7. The summed E-state index contributed by atoms with van der Waals surface area (Å²) in [5, 5.41) is 9.47. The first kappa shape index (κ1) is 26.9. The Labute approximate surface area is 213 Å². The van der Waals surface area contributed by atoms with Gasteiger partial charge in [-0.3, -0.25) is 0 Å². The Kier molecular flexibility index (Phi) is 8.71. The predicted octanol–water partition coefficient (Wildman–Crippen LogP) is 1.09. The summed E-state index contributed by atoms with van der Waals surface area (Å²) in [7, 11) is -4.32. The average Bonchev–Trinajstić information content (AvgIpc) is 3.13. The number of rotatable bonds is 12. The van der Waals surface area contributed by atoms with Crippen LogP contribution in [-0.2, 0) is 31.0 Å². The van der Waals surface area contributed by atoms with Crippen molar-refractivity contribution in [3.63, 3.8) is 0 Å². The van der Waals surface area contributed by atoms with Gasteiger partial charge in [-0.25, -0.2) is 0 Å². The van der Waals surface area contributed by atoms with Crippen molar-refractivity contribution in [1.29, 1.82) is 0 Å². The summed E-state index contributed by atoms with van der Waals surface area (Å²) in [4.78, 5) is 37.9. The molecule has 0 saturated heterocycles. The van der Waals surface area contributed by atoms with Crippen LogP contribution in [0.5, 0.6) is 5.75 Å². The van der Waals surface area contributed by atoms with Gasteiger partial charge in [0.2, 0.25) is 0 Å². The third kappa shape index (κ3) is 7.14. The van der Waals surface area contributed by atoms with Crippen molar-refractivity contribution in [2.75, 3.05) is 0 Å². The molecular formula is C22H23AsClN3O7S. The van der Waals surface area contributed by atoms with E-state index in [1.54, 1.807) is 31.5 Å². The minimum absolute atomic E-state index is 0.00183. The van der Waals surface area contributed by atoms with E-state index in [2.05, 4.69) is 9.71 Å². The number of nitrogens with zero attached hydrogens (tertiary/aromatic N) is 2. The van der Waals surface area contributed by atoms with Gasteiger partial charge in [0.05, 0.1) is 0 Å². The third-order valence-electron chi connectivity index (χ3n) is 4.78. The molecule has 13 heteroatoms. The van der Waals surface area contributed by atoms with Crippen molar-refractivity contribution in [2.24, 2.45) is 0 Å². The number of carbonyl (C=O) groups excluding carboxylic acids is 2. The Morgan fingerprint density at radius 3 is 2.69 bits per heavy atom. The number of halogens is 1. The van der Waals surface area contributed by atoms with E-state index in [0.29, 0.717) is 15.9 Å². The first-order valence-corrected chi connectivity index (χ1v) is 14.3. The number of imidazole rings is 1.